The van der Waals surface area contributed by atoms with Gasteiger partial charge >= 0.3 is 0 Å². The second-order valence-electron chi connectivity index (χ2n) is 12.4. The first-order valence-corrected chi connectivity index (χ1v) is 14.4. The van der Waals surface area contributed by atoms with Gasteiger partial charge in [0.15, 0.2) is 5.78 Å². The van der Waals surface area contributed by atoms with Crippen LogP contribution in [-0.2, 0) is 32.1 Å². The van der Waals surface area contributed by atoms with Gasteiger partial charge in [0.1, 0.15) is 12.6 Å². The van der Waals surface area contributed by atoms with Crippen molar-refractivity contribution in [2.45, 2.75) is 98.9 Å². The number of ether oxygens (including phenoxy) is 1. The van der Waals surface area contributed by atoms with Crippen molar-refractivity contribution in [2.75, 3.05) is 27.2 Å². The number of amides is 2. The standard InChI is InChI=1S/C32H51N3O4/c1-10-24-14-16-25(17-15-24)20-39-21-28(36)23(4)19-27(22(2)3)35(9)31(38)29(32(5,6)7)33-30(37)26-13-11-12-18-34(26)8/h14-17,19,22,26-27,29H,10-13,18,20-21H2,1-9H3,(H,33,37)/b23-19+/t26?,27-,29-/m1/s1. The maximum Gasteiger partial charge on any atom is 0.245 e. The first-order valence-electron chi connectivity index (χ1n) is 14.4. The Balaban J connectivity index is 2.09. The lowest BCUT2D eigenvalue weighted by Crippen LogP contribution is -2.59. The Labute approximate surface area is 236 Å². The van der Waals surface area contributed by atoms with Crippen LogP contribution < -0.4 is 5.32 Å². The highest BCUT2D eigenvalue weighted by atomic mass is 16.5. The summed E-state index contributed by atoms with van der Waals surface area (Å²) in [6.45, 7) is 15.1. The molecule has 1 fully saturated rings. The van der Waals surface area contributed by atoms with E-state index in [-0.39, 0.29) is 42.2 Å². The van der Waals surface area contributed by atoms with Gasteiger partial charge in [-0.05, 0) is 67.8 Å². The smallest absolute Gasteiger partial charge is 0.245 e. The van der Waals surface area contributed by atoms with Crippen LogP contribution in [0.2, 0.25) is 0 Å². The number of nitrogens with one attached hydrogen (secondary N) is 1. The molecule has 0 bridgehead atoms. The van der Waals surface area contributed by atoms with E-state index in [0.717, 1.165) is 37.8 Å². The molecule has 1 aliphatic heterocycles. The molecule has 0 aromatic heterocycles. The second-order valence-corrected chi connectivity index (χ2v) is 12.4. The number of likely N-dealkylation sites (N-methyl/N-ethyl adjacent to an activating group) is 2. The maximum atomic E-state index is 13.8. The average molecular weight is 542 g/mol. The number of benzene rings is 1. The van der Waals surface area contributed by atoms with Gasteiger partial charge in [0.05, 0.1) is 18.7 Å². The van der Waals surface area contributed by atoms with E-state index in [1.165, 1.54) is 5.56 Å². The molecule has 7 nitrogen and oxygen atoms in total. The number of nitrogens with zero attached hydrogens (tertiary/aromatic N) is 2. The quantitative estimate of drug-likeness (QED) is 0.386. The summed E-state index contributed by atoms with van der Waals surface area (Å²) in [6.07, 6.45) is 5.74. The number of likely N-dealkylation sites (tertiary alicyclic amines) is 1. The molecule has 0 saturated carbocycles. The summed E-state index contributed by atoms with van der Waals surface area (Å²) in [5.74, 6) is -0.284. The fourth-order valence-electron chi connectivity index (χ4n) is 4.99. The Morgan fingerprint density at radius 3 is 2.28 bits per heavy atom. The van der Waals surface area contributed by atoms with Crippen molar-refractivity contribution in [1.29, 1.82) is 0 Å². The number of rotatable bonds is 12. The monoisotopic (exact) mass is 541 g/mol. The number of hydrogen-bond donors (Lipinski definition) is 1. The molecule has 1 unspecified atom stereocenters. The largest absolute Gasteiger partial charge is 0.369 e. The van der Waals surface area contributed by atoms with Crippen LogP contribution in [0.25, 0.3) is 0 Å². The van der Waals surface area contributed by atoms with Crippen LogP contribution in [-0.4, -0.2) is 72.8 Å². The predicted molar refractivity (Wildman–Crippen MR) is 157 cm³/mol. The van der Waals surface area contributed by atoms with Gasteiger partial charge in [-0.3, -0.25) is 19.3 Å². The summed E-state index contributed by atoms with van der Waals surface area (Å²) >= 11 is 0. The van der Waals surface area contributed by atoms with Gasteiger partial charge in [0.2, 0.25) is 11.8 Å². The predicted octanol–water partition coefficient (Wildman–Crippen LogP) is 4.78. The van der Waals surface area contributed by atoms with Crippen LogP contribution in [0, 0.1) is 11.3 Å². The third kappa shape index (κ3) is 9.57. The SMILES string of the molecule is CCc1ccc(COCC(=O)/C(C)=C/[C@H](C(C)C)N(C)C(=O)[C@@H](NC(=O)C2CCCCN2C)C(C)(C)C)cc1. The fraction of sp³-hybridized carbons (Fsp3) is 0.656. The molecule has 7 heteroatoms. The minimum atomic E-state index is -0.682. The van der Waals surface area contributed by atoms with Crippen molar-refractivity contribution < 1.29 is 19.1 Å². The van der Waals surface area contributed by atoms with Gasteiger partial charge in [0.25, 0.3) is 0 Å². The minimum absolute atomic E-state index is 0.0179. The molecule has 39 heavy (non-hydrogen) atoms. The summed E-state index contributed by atoms with van der Waals surface area (Å²) in [5.41, 5.74) is 2.38. The molecule has 1 aromatic rings. The van der Waals surface area contributed by atoms with E-state index >= 15 is 0 Å². The van der Waals surface area contributed by atoms with Crippen molar-refractivity contribution in [3.63, 3.8) is 0 Å². The van der Waals surface area contributed by atoms with E-state index < -0.39 is 11.5 Å². The van der Waals surface area contributed by atoms with E-state index in [1.807, 2.05) is 59.9 Å². The number of aryl methyl sites for hydroxylation is 1. The number of hydrogen-bond acceptors (Lipinski definition) is 5. The summed E-state index contributed by atoms with van der Waals surface area (Å²) in [4.78, 5) is 43.6. The summed E-state index contributed by atoms with van der Waals surface area (Å²) in [7, 11) is 3.73. The Morgan fingerprint density at radius 1 is 1.13 bits per heavy atom. The number of carbonyl (C=O) groups excluding carboxylic acids is 3. The van der Waals surface area contributed by atoms with Crippen molar-refractivity contribution >= 4 is 17.6 Å². The van der Waals surface area contributed by atoms with Crippen molar-refractivity contribution in [3.05, 3.63) is 47.0 Å². The highest BCUT2D eigenvalue weighted by Gasteiger charge is 2.39. The topological polar surface area (TPSA) is 79.0 Å². The molecular formula is C32H51N3O4. The van der Waals surface area contributed by atoms with Crippen LogP contribution in [0.15, 0.2) is 35.9 Å². The Morgan fingerprint density at radius 2 is 1.74 bits per heavy atom. The van der Waals surface area contributed by atoms with Crippen molar-refractivity contribution in [3.8, 4) is 0 Å². The normalized spacial score (nSPS) is 18.5. The van der Waals surface area contributed by atoms with Gasteiger partial charge in [0, 0.05) is 7.05 Å². The zero-order valence-electron chi connectivity index (χ0n) is 25.7. The zero-order chi connectivity index (χ0) is 29.3. The molecule has 1 heterocycles. The summed E-state index contributed by atoms with van der Waals surface area (Å²) in [6, 6.07) is 7.00. The van der Waals surface area contributed by atoms with Gasteiger partial charge in [-0.2, -0.15) is 0 Å². The lowest BCUT2D eigenvalue weighted by Gasteiger charge is -2.39. The molecule has 218 valence electrons. The number of carbonyl (C=O) groups is 3. The molecule has 3 atom stereocenters. The number of piperidine rings is 1. The molecule has 1 aliphatic rings. The molecule has 0 spiro atoms. The fourth-order valence-corrected chi connectivity index (χ4v) is 4.99. The molecule has 2 amide bonds. The third-order valence-corrected chi connectivity index (χ3v) is 7.74. The highest BCUT2D eigenvalue weighted by Crippen LogP contribution is 2.25. The Bertz CT molecular complexity index is 994. The summed E-state index contributed by atoms with van der Waals surface area (Å²) < 4.78 is 5.70. The highest BCUT2D eigenvalue weighted by molar-refractivity contribution is 5.96. The number of Topliss-reactive ketones (excluding diaryl/α,β-unsaturated/α-hetero) is 1. The van der Waals surface area contributed by atoms with E-state index in [1.54, 1.807) is 18.9 Å². The van der Waals surface area contributed by atoms with E-state index in [4.69, 9.17) is 4.74 Å². The lowest BCUT2D eigenvalue weighted by molar-refractivity contribution is -0.141. The van der Waals surface area contributed by atoms with Crippen LogP contribution in [0.5, 0.6) is 0 Å². The number of ketones is 1. The molecule has 1 N–H and O–H groups in total. The zero-order valence-corrected chi connectivity index (χ0v) is 25.7. The van der Waals surface area contributed by atoms with Gasteiger partial charge < -0.3 is 15.0 Å². The van der Waals surface area contributed by atoms with E-state index in [2.05, 4.69) is 29.3 Å². The lowest BCUT2D eigenvalue weighted by atomic mass is 9.84. The Hall–Kier alpha value is -2.51. The second kappa shape index (κ2) is 14.8. The van der Waals surface area contributed by atoms with Gasteiger partial charge in [-0.1, -0.05) is 78.3 Å². The average Bonchev–Trinajstić information content (AvgIpc) is 2.89. The first kappa shape index (κ1) is 32.7. The van der Waals surface area contributed by atoms with Crippen LogP contribution in [0.1, 0.15) is 78.9 Å². The third-order valence-electron chi connectivity index (χ3n) is 7.74. The maximum absolute atomic E-state index is 13.8. The van der Waals surface area contributed by atoms with Crippen LogP contribution in [0.4, 0.5) is 0 Å². The molecule has 2 rings (SSSR count). The Kier molecular flexibility index (Phi) is 12.4. The molecule has 0 aliphatic carbocycles. The summed E-state index contributed by atoms with van der Waals surface area (Å²) in [5, 5.41) is 3.08. The molecule has 0 radical (unpaired) electrons. The van der Waals surface area contributed by atoms with Crippen molar-refractivity contribution in [1.82, 2.24) is 15.1 Å². The van der Waals surface area contributed by atoms with Crippen LogP contribution in [0.3, 0.4) is 0 Å². The van der Waals surface area contributed by atoms with Gasteiger partial charge in [-0.15, -0.1) is 0 Å². The molecule has 1 saturated heterocycles. The molecule has 1 aromatic carbocycles. The van der Waals surface area contributed by atoms with E-state index in [0.29, 0.717) is 12.2 Å². The van der Waals surface area contributed by atoms with Crippen LogP contribution >= 0.6 is 0 Å². The van der Waals surface area contributed by atoms with E-state index in [9.17, 15) is 14.4 Å². The van der Waals surface area contributed by atoms with Gasteiger partial charge in [-0.25, -0.2) is 0 Å². The van der Waals surface area contributed by atoms with Crippen molar-refractivity contribution in [2.24, 2.45) is 11.3 Å². The minimum Gasteiger partial charge on any atom is -0.369 e. The first-order chi connectivity index (χ1) is 18.3. The molecular weight excluding hydrogens is 490 g/mol.